The van der Waals surface area contributed by atoms with Crippen LogP contribution in [0.4, 0.5) is 0 Å². The van der Waals surface area contributed by atoms with Crippen LogP contribution in [0.2, 0.25) is 0 Å². The molecule has 0 amide bonds. The number of esters is 2. The molecule has 1 fully saturated rings. The maximum atomic E-state index is 12.8. The van der Waals surface area contributed by atoms with Gasteiger partial charge in [0, 0.05) is 12.8 Å². The van der Waals surface area contributed by atoms with E-state index < -0.39 is 81.8 Å². The second-order valence-electron chi connectivity index (χ2n) is 15.7. The first-order valence-corrected chi connectivity index (χ1v) is 24.6. The first-order chi connectivity index (χ1) is 30.8. The van der Waals surface area contributed by atoms with Crippen molar-refractivity contribution in [2.45, 2.75) is 185 Å². The highest BCUT2D eigenvalue weighted by molar-refractivity contribution is 7.47. The van der Waals surface area contributed by atoms with Gasteiger partial charge < -0.3 is 45.0 Å². The van der Waals surface area contributed by atoms with Crippen LogP contribution in [0.3, 0.4) is 0 Å². The van der Waals surface area contributed by atoms with E-state index in [1.165, 1.54) is 38.5 Å². The maximum Gasteiger partial charge on any atom is 0.472 e. The van der Waals surface area contributed by atoms with Gasteiger partial charge in [-0.3, -0.25) is 18.6 Å². The largest absolute Gasteiger partial charge is 0.472 e. The van der Waals surface area contributed by atoms with E-state index in [1.807, 2.05) is 73.8 Å². The Morgan fingerprint density at radius 3 is 1.64 bits per heavy atom. The normalized spacial score (nSPS) is 23.0. The lowest BCUT2D eigenvalue weighted by atomic mass is 9.85. The minimum Gasteiger partial charge on any atom is -0.462 e. The third kappa shape index (κ3) is 30.0. The third-order valence-corrected chi connectivity index (χ3v) is 11.0. The van der Waals surface area contributed by atoms with Gasteiger partial charge in [-0.2, -0.15) is 0 Å². The van der Waals surface area contributed by atoms with Crippen molar-refractivity contribution < 1.29 is 68.2 Å². The number of carbonyl (C=O) groups is 2. The highest BCUT2D eigenvalue weighted by Crippen LogP contribution is 2.47. The standard InChI is InChI=1S/C49H79O14P/c1-3-5-7-8-9-10-11-12-13-14-15-16-20-23-26-29-32-36-42(51)60-38-41(39-61-64(58,59)63-49-47(56)45(54)44(53)46(55)48(49)57)62-43(52)37-33-30-27-24-21-18-17-19-22-25-28-31-35-40(50)34-6-4-2/h6,12-13,15-18,22-28,31,34,40-41,44-50,53-57H,3-5,7-11,14,19-21,29-30,32-33,35-39H2,1-2H3,(H,58,59)/b13-12-,16-15-,18-17-,25-22-,26-23-,27-24-,31-28+,34-6-/t40?,41-,44?,45-,46+,47-,48-,49?/m1/s1. The zero-order chi connectivity index (χ0) is 47.3. The van der Waals surface area contributed by atoms with Crippen LogP contribution in [0.5, 0.6) is 0 Å². The Labute approximate surface area is 382 Å². The van der Waals surface area contributed by atoms with Crippen LogP contribution in [-0.2, 0) is 32.7 Å². The molecular weight excluding hydrogens is 843 g/mol. The van der Waals surface area contributed by atoms with Gasteiger partial charge in [0.2, 0.25) is 0 Å². The Balaban J connectivity index is 2.57. The Hall–Kier alpha value is -3.27. The van der Waals surface area contributed by atoms with Gasteiger partial charge in [-0.25, -0.2) is 4.57 Å². The number of hydrogen-bond acceptors (Lipinski definition) is 13. The lowest BCUT2D eigenvalue weighted by molar-refractivity contribution is -0.220. The number of unbranched alkanes of at least 4 members (excludes halogenated alkanes) is 8. The van der Waals surface area contributed by atoms with Crippen LogP contribution in [0.25, 0.3) is 0 Å². The molecule has 7 N–H and O–H groups in total. The molecule has 0 spiro atoms. The summed E-state index contributed by atoms with van der Waals surface area (Å²) in [4.78, 5) is 35.7. The number of carbonyl (C=O) groups excluding carboxylic acids is 2. The minimum atomic E-state index is -5.16. The molecule has 14 nitrogen and oxygen atoms in total. The molecule has 0 aromatic rings. The van der Waals surface area contributed by atoms with E-state index in [0.717, 1.165) is 32.1 Å². The SMILES string of the molecule is CC/C=C\C(O)C/C=C/C=C\C/C=C\C/C=C\CCCC(=O)O[C@H](COC(=O)CCC/C=C\C/C=C\C/C=C\CCCCCCCC)COP(=O)(O)OC1[C@H](O)[C@H](O)C(O)[C@H](O)[C@H]1O. The van der Waals surface area contributed by atoms with Crippen LogP contribution in [0, 0.1) is 0 Å². The molecule has 4 unspecified atom stereocenters. The Kier molecular flexibility index (Phi) is 34.8. The van der Waals surface area contributed by atoms with Crippen LogP contribution >= 0.6 is 7.82 Å². The first-order valence-electron chi connectivity index (χ1n) is 23.1. The second-order valence-corrected chi connectivity index (χ2v) is 17.1. The summed E-state index contributed by atoms with van der Waals surface area (Å²) in [6, 6.07) is 0. The van der Waals surface area contributed by atoms with Crippen molar-refractivity contribution in [1.82, 2.24) is 0 Å². The van der Waals surface area contributed by atoms with Crippen molar-refractivity contribution in [3.05, 3.63) is 97.2 Å². The quantitative estimate of drug-likeness (QED) is 0.0104. The topological polar surface area (TPSA) is 230 Å². The van der Waals surface area contributed by atoms with Crippen molar-refractivity contribution >= 4 is 19.8 Å². The Morgan fingerprint density at radius 2 is 1.06 bits per heavy atom. The summed E-state index contributed by atoms with van der Waals surface area (Å²) in [7, 11) is -5.16. The van der Waals surface area contributed by atoms with Crippen LogP contribution in [-0.4, -0.2) is 110 Å². The summed E-state index contributed by atoms with van der Waals surface area (Å²) < 4.78 is 33.4. The fourth-order valence-corrected chi connectivity index (χ4v) is 7.21. The molecule has 0 heterocycles. The predicted octanol–water partition coefficient (Wildman–Crippen LogP) is 8.02. The molecule has 1 rings (SSSR count). The van der Waals surface area contributed by atoms with Crippen molar-refractivity contribution in [2.24, 2.45) is 0 Å². The first kappa shape index (κ1) is 58.7. The molecule has 9 atom stereocenters. The molecule has 0 aromatic carbocycles. The number of phosphoric ester groups is 1. The fraction of sp³-hybridized carbons (Fsp3) is 0.633. The van der Waals surface area contributed by atoms with Crippen molar-refractivity contribution in [3.8, 4) is 0 Å². The highest BCUT2D eigenvalue weighted by atomic mass is 31.2. The second kappa shape index (κ2) is 37.9. The number of aliphatic hydroxyl groups is 6. The number of rotatable bonds is 36. The van der Waals surface area contributed by atoms with Crippen molar-refractivity contribution in [1.29, 1.82) is 0 Å². The van der Waals surface area contributed by atoms with Crippen molar-refractivity contribution in [2.75, 3.05) is 13.2 Å². The maximum absolute atomic E-state index is 12.8. The number of phosphoric acid groups is 1. The summed E-state index contributed by atoms with van der Waals surface area (Å²) in [5.41, 5.74) is 0. The number of allylic oxidation sites excluding steroid dienone is 14. The zero-order valence-electron chi connectivity index (χ0n) is 38.1. The van der Waals surface area contributed by atoms with E-state index in [1.54, 1.807) is 6.08 Å². The summed E-state index contributed by atoms with van der Waals surface area (Å²) in [6.07, 6.45) is 33.8. The summed E-state index contributed by atoms with van der Waals surface area (Å²) in [5, 5.41) is 59.9. The smallest absolute Gasteiger partial charge is 0.462 e. The average Bonchev–Trinajstić information content (AvgIpc) is 3.27. The summed E-state index contributed by atoms with van der Waals surface area (Å²) in [5.74, 6) is -1.26. The highest BCUT2D eigenvalue weighted by Gasteiger charge is 2.51. The van der Waals surface area contributed by atoms with Gasteiger partial charge in [-0.1, -0.05) is 143 Å². The van der Waals surface area contributed by atoms with E-state index in [9.17, 15) is 49.7 Å². The molecule has 0 aliphatic heterocycles. The third-order valence-electron chi connectivity index (χ3n) is 9.98. The van der Waals surface area contributed by atoms with Crippen LogP contribution < -0.4 is 0 Å². The molecule has 1 aliphatic rings. The lowest BCUT2D eigenvalue weighted by Gasteiger charge is -2.41. The monoisotopic (exact) mass is 923 g/mol. The molecule has 1 saturated carbocycles. The van der Waals surface area contributed by atoms with E-state index in [4.69, 9.17) is 18.5 Å². The van der Waals surface area contributed by atoms with Gasteiger partial charge >= 0.3 is 19.8 Å². The minimum absolute atomic E-state index is 0.0157. The fourth-order valence-electron chi connectivity index (χ4n) is 6.24. The van der Waals surface area contributed by atoms with E-state index in [0.29, 0.717) is 38.5 Å². The molecular formula is C49H79O14P. The van der Waals surface area contributed by atoms with Gasteiger partial charge in [0.05, 0.1) is 12.7 Å². The van der Waals surface area contributed by atoms with Crippen molar-refractivity contribution in [3.63, 3.8) is 0 Å². The molecule has 364 valence electrons. The molecule has 15 heteroatoms. The predicted molar refractivity (Wildman–Crippen MR) is 250 cm³/mol. The Morgan fingerprint density at radius 1 is 0.578 bits per heavy atom. The number of hydrogen-bond donors (Lipinski definition) is 7. The van der Waals surface area contributed by atoms with Gasteiger partial charge in [0.25, 0.3) is 0 Å². The average molecular weight is 923 g/mol. The lowest BCUT2D eigenvalue weighted by Crippen LogP contribution is -2.64. The van der Waals surface area contributed by atoms with Crippen LogP contribution in [0.1, 0.15) is 136 Å². The molecule has 0 bridgehead atoms. The number of aliphatic hydroxyl groups excluding tert-OH is 6. The molecule has 0 aromatic heterocycles. The molecule has 1 aliphatic carbocycles. The van der Waals surface area contributed by atoms with Gasteiger partial charge in [0.1, 0.15) is 43.2 Å². The van der Waals surface area contributed by atoms with Gasteiger partial charge in [-0.15, -0.1) is 0 Å². The van der Waals surface area contributed by atoms with Crippen LogP contribution in [0.15, 0.2) is 97.2 Å². The molecule has 64 heavy (non-hydrogen) atoms. The zero-order valence-corrected chi connectivity index (χ0v) is 39.0. The van der Waals surface area contributed by atoms with E-state index >= 15 is 0 Å². The summed E-state index contributed by atoms with van der Waals surface area (Å²) in [6.45, 7) is 2.95. The molecule has 0 saturated heterocycles. The Bertz CT molecular complexity index is 1500. The van der Waals surface area contributed by atoms with Gasteiger partial charge in [-0.05, 0) is 77.0 Å². The molecule has 0 radical (unpaired) electrons. The number of ether oxygens (including phenoxy) is 2. The summed E-state index contributed by atoms with van der Waals surface area (Å²) >= 11 is 0. The van der Waals surface area contributed by atoms with E-state index in [-0.39, 0.29) is 12.8 Å². The van der Waals surface area contributed by atoms with E-state index in [2.05, 4.69) is 31.2 Å². The van der Waals surface area contributed by atoms with Gasteiger partial charge in [0.15, 0.2) is 6.10 Å².